The van der Waals surface area contributed by atoms with Crippen LogP contribution in [0.1, 0.15) is 31.1 Å². The molecule has 0 aliphatic heterocycles. The highest BCUT2D eigenvalue weighted by molar-refractivity contribution is 5.15. The number of nitrogens with one attached hydrogen (secondary N) is 1. The van der Waals surface area contributed by atoms with Gasteiger partial charge >= 0.3 is 0 Å². The summed E-state index contributed by atoms with van der Waals surface area (Å²) in [5.74, 6) is 1.04. The highest BCUT2D eigenvalue weighted by Crippen LogP contribution is 2.14. The molecular formula is C13H24N2O. The van der Waals surface area contributed by atoms with Crippen LogP contribution in [0.2, 0.25) is 0 Å². The third-order valence-corrected chi connectivity index (χ3v) is 3.19. The van der Waals surface area contributed by atoms with Gasteiger partial charge in [-0.2, -0.15) is 0 Å². The van der Waals surface area contributed by atoms with E-state index in [2.05, 4.69) is 30.3 Å². The minimum atomic E-state index is 0.614. The number of aryl methyl sites for hydroxylation is 1. The zero-order valence-electron chi connectivity index (χ0n) is 10.9. The Balaban J connectivity index is 2.34. The molecule has 1 atom stereocenters. The standard InChI is InChI=1S/C13H24N2O/c1-11(6-5-8-14-3)15(4)10-13-7-9-16-12(13)2/h7,9,11,14H,5-6,8,10H2,1-4H3. The summed E-state index contributed by atoms with van der Waals surface area (Å²) in [6.45, 7) is 6.38. The third-order valence-electron chi connectivity index (χ3n) is 3.19. The second-order valence-electron chi connectivity index (χ2n) is 4.51. The summed E-state index contributed by atoms with van der Waals surface area (Å²) in [7, 11) is 4.18. The normalized spacial score (nSPS) is 13.3. The highest BCUT2D eigenvalue weighted by Gasteiger charge is 2.11. The third kappa shape index (κ3) is 3.99. The molecule has 0 saturated carbocycles. The van der Waals surface area contributed by atoms with Gasteiger partial charge in [0, 0.05) is 18.2 Å². The van der Waals surface area contributed by atoms with E-state index < -0.39 is 0 Å². The molecule has 16 heavy (non-hydrogen) atoms. The number of hydrogen-bond donors (Lipinski definition) is 1. The van der Waals surface area contributed by atoms with Gasteiger partial charge in [0.05, 0.1) is 6.26 Å². The summed E-state index contributed by atoms with van der Waals surface area (Å²) in [6.07, 6.45) is 4.23. The molecule has 1 unspecified atom stereocenters. The second-order valence-corrected chi connectivity index (χ2v) is 4.51. The van der Waals surface area contributed by atoms with Gasteiger partial charge in [0.15, 0.2) is 0 Å². The quantitative estimate of drug-likeness (QED) is 0.721. The Kier molecular flexibility index (Phi) is 5.56. The van der Waals surface area contributed by atoms with Crippen molar-refractivity contribution in [2.75, 3.05) is 20.6 Å². The predicted octanol–water partition coefficient (Wildman–Crippen LogP) is 2.41. The van der Waals surface area contributed by atoms with Crippen LogP contribution in [0, 0.1) is 6.92 Å². The van der Waals surface area contributed by atoms with Gasteiger partial charge in [0.25, 0.3) is 0 Å². The van der Waals surface area contributed by atoms with Crippen molar-refractivity contribution in [2.45, 2.75) is 39.3 Å². The monoisotopic (exact) mass is 224 g/mol. The van der Waals surface area contributed by atoms with Crippen LogP contribution in [0.25, 0.3) is 0 Å². The lowest BCUT2D eigenvalue weighted by molar-refractivity contribution is 0.233. The molecule has 0 saturated heterocycles. The Morgan fingerprint density at radius 1 is 1.50 bits per heavy atom. The first-order chi connectivity index (χ1) is 7.65. The molecule has 3 heteroatoms. The number of rotatable bonds is 7. The van der Waals surface area contributed by atoms with E-state index in [-0.39, 0.29) is 0 Å². The van der Waals surface area contributed by atoms with Crippen molar-refractivity contribution in [1.29, 1.82) is 0 Å². The maximum atomic E-state index is 5.31. The van der Waals surface area contributed by atoms with E-state index in [0.29, 0.717) is 6.04 Å². The molecule has 1 aromatic heterocycles. The van der Waals surface area contributed by atoms with Crippen LogP contribution in [0.3, 0.4) is 0 Å². The number of furan rings is 1. The molecule has 0 fully saturated rings. The molecule has 1 aromatic rings. The first-order valence-electron chi connectivity index (χ1n) is 6.03. The van der Waals surface area contributed by atoms with Crippen LogP contribution in [0.5, 0.6) is 0 Å². The van der Waals surface area contributed by atoms with Crippen LogP contribution in [-0.2, 0) is 6.54 Å². The van der Waals surface area contributed by atoms with Gasteiger partial charge in [-0.05, 0) is 53.4 Å². The van der Waals surface area contributed by atoms with Gasteiger partial charge in [-0.15, -0.1) is 0 Å². The van der Waals surface area contributed by atoms with Crippen LogP contribution in [0.15, 0.2) is 16.7 Å². The molecule has 1 heterocycles. The van der Waals surface area contributed by atoms with Gasteiger partial charge in [0.1, 0.15) is 5.76 Å². The van der Waals surface area contributed by atoms with Crippen LogP contribution < -0.4 is 5.32 Å². The molecule has 0 radical (unpaired) electrons. The van der Waals surface area contributed by atoms with Crippen LogP contribution in [-0.4, -0.2) is 31.6 Å². The molecule has 1 N–H and O–H groups in total. The van der Waals surface area contributed by atoms with Crippen molar-refractivity contribution in [1.82, 2.24) is 10.2 Å². The molecule has 0 bridgehead atoms. The Morgan fingerprint density at radius 2 is 2.25 bits per heavy atom. The Bertz CT molecular complexity index is 296. The van der Waals surface area contributed by atoms with Gasteiger partial charge in [0.2, 0.25) is 0 Å². The van der Waals surface area contributed by atoms with Crippen molar-refractivity contribution >= 4 is 0 Å². The summed E-state index contributed by atoms with van der Waals surface area (Å²) in [5.41, 5.74) is 1.29. The van der Waals surface area contributed by atoms with E-state index in [1.807, 2.05) is 14.0 Å². The van der Waals surface area contributed by atoms with Crippen LogP contribution >= 0.6 is 0 Å². The smallest absolute Gasteiger partial charge is 0.105 e. The van der Waals surface area contributed by atoms with E-state index in [1.54, 1.807) is 6.26 Å². The average molecular weight is 224 g/mol. The molecule has 0 aliphatic rings. The van der Waals surface area contributed by atoms with E-state index in [0.717, 1.165) is 18.8 Å². The Morgan fingerprint density at radius 3 is 2.81 bits per heavy atom. The molecule has 3 nitrogen and oxygen atoms in total. The molecule has 0 amide bonds. The molecular weight excluding hydrogens is 200 g/mol. The van der Waals surface area contributed by atoms with Crippen molar-refractivity contribution in [2.24, 2.45) is 0 Å². The van der Waals surface area contributed by atoms with Crippen molar-refractivity contribution in [3.8, 4) is 0 Å². The van der Waals surface area contributed by atoms with Crippen molar-refractivity contribution in [3.63, 3.8) is 0 Å². The van der Waals surface area contributed by atoms with E-state index >= 15 is 0 Å². The lowest BCUT2D eigenvalue weighted by atomic mass is 10.1. The summed E-state index contributed by atoms with van der Waals surface area (Å²) in [4.78, 5) is 2.38. The molecule has 0 spiro atoms. The molecule has 0 aromatic carbocycles. The van der Waals surface area contributed by atoms with Gasteiger partial charge < -0.3 is 9.73 Å². The fraction of sp³-hybridized carbons (Fsp3) is 0.692. The minimum absolute atomic E-state index is 0.614. The van der Waals surface area contributed by atoms with Crippen molar-refractivity contribution < 1.29 is 4.42 Å². The molecule has 92 valence electrons. The lowest BCUT2D eigenvalue weighted by Gasteiger charge is -2.24. The maximum Gasteiger partial charge on any atom is 0.105 e. The topological polar surface area (TPSA) is 28.4 Å². The summed E-state index contributed by atoms with van der Waals surface area (Å²) in [5, 5.41) is 3.18. The number of nitrogens with zero attached hydrogens (tertiary/aromatic N) is 1. The zero-order valence-corrected chi connectivity index (χ0v) is 10.9. The van der Waals surface area contributed by atoms with E-state index in [9.17, 15) is 0 Å². The maximum absolute atomic E-state index is 5.31. The predicted molar refractivity (Wildman–Crippen MR) is 67.5 cm³/mol. The van der Waals surface area contributed by atoms with E-state index in [4.69, 9.17) is 4.42 Å². The zero-order chi connectivity index (χ0) is 12.0. The molecule has 0 aliphatic carbocycles. The largest absolute Gasteiger partial charge is 0.469 e. The Hall–Kier alpha value is -0.800. The average Bonchev–Trinajstić information content (AvgIpc) is 2.64. The van der Waals surface area contributed by atoms with Crippen LogP contribution in [0.4, 0.5) is 0 Å². The fourth-order valence-corrected chi connectivity index (χ4v) is 1.79. The Labute approximate surface area is 98.8 Å². The van der Waals surface area contributed by atoms with Crippen molar-refractivity contribution in [3.05, 3.63) is 23.7 Å². The fourth-order valence-electron chi connectivity index (χ4n) is 1.79. The second kappa shape index (κ2) is 6.71. The first-order valence-corrected chi connectivity index (χ1v) is 6.03. The van der Waals surface area contributed by atoms with Gasteiger partial charge in [-0.25, -0.2) is 0 Å². The van der Waals surface area contributed by atoms with E-state index in [1.165, 1.54) is 18.4 Å². The van der Waals surface area contributed by atoms with Gasteiger partial charge in [-0.3, -0.25) is 4.90 Å². The first kappa shape index (κ1) is 13.3. The van der Waals surface area contributed by atoms with Gasteiger partial charge in [-0.1, -0.05) is 0 Å². The molecule has 1 rings (SSSR count). The minimum Gasteiger partial charge on any atom is -0.469 e. The summed E-state index contributed by atoms with van der Waals surface area (Å²) < 4.78 is 5.31. The summed E-state index contributed by atoms with van der Waals surface area (Å²) >= 11 is 0. The number of hydrogen-bond acceptors (Lipinski definition) is 3. The summed E-state index contributed by atoms with van der Waals surface area (Å²) in [6, 6.07) is 2.68. The lowest BCUT2D eigenvalue weighted by Crippen LogP contribution is -2.29. The highest BCUT2D eigenvalue weighted by atomic mass is 16.3. The SMILES string of the molecule is CNCCCC(C)N(C)Cc1ccoc1C.